The van der Waals surface area contributed by atoms with Gasteiger partial charge >= 0.3 is 0 Å². The predicted octanol–water partition coefficient (Wildman–Crippen LogP) is 2.25. The molecule has 1 heterocycles. The number of hydrogen-bond acceptors (Lipinski definition) is 3. The number of pyridine rings is 1. The maximum atomic E-state index is 12.1. The van der Waals surface area contributed by atoms with Crippen LogP contribution < -0.4 is 10.3 Å². The lowest BCUT2D eigenvalue weighted by molar-refractivity contribution is 0.600. The average Bonchev–Trinajstić information content (AvgIpc) is 2.34. The van der Waals surface area contributed by atoms with Crippen LogP contribution in [0.25, 0.3) is 0 Å². The number of rotatable bonds is 3. The van der Waals surface area contributed by atoms with Gasteiger partial charge in [0, 0.05) is 22.4 Å². The minimum absolute atomic E-state index is 0.00352. The maximum Gasteiger partial charge on any atom is 0.263 e. The van der Waals surface area contributed by atoms with E-state index in [1.165, 1.54) is 12.1 Å². The summed E-state index contributed by atoms with van der Waals surface area (Å²) in [4.78, 5) is 13.2. The van der Waals surface area contributed by atoms with Gasteiger partial charge in [-0.1, -0.05) is 22.0 Å². The van der Waals surface area contributed by atoms with E-state index in [1.54, 1.807) is 18.2 Å². The maximum absolute atomic E-state index is 12.1. The van der Waals surface area contributed by atoms with Crippen molar-refractivity contribution >= 4 is 31.6 Å². The van der Waals surface area contributed by atoms with Crippen LogP contribution in [0.15, 0.2) is 50.7 Å². The number of hydrogen-bond donors (Lipinski definition) is 2. The summed E-state index contributed by atoms with van der Waals surface area (Å²) in [5, 5.41) is 0. The van der Waals surface area contributed by atoms with Gasteiger partial charge in [-0.05, 0) is 30.7 Å². The van der Waals surface area contributed by atoms with E-state index in [9.17, 15) is 13.2 Å². The standard InChI is InChI=1S/C12H11BrN2O3S/c1-8-2-3-9(6-11(8)13)15-19(17,18)10-4-5-12(16)14-7-10/h2-7,15H,1H3,(H,14,16). The number of aromatic nitrogens is 1. The Bertz CT molecular complexity index is 748. The van der Waals surface area contributed by atoms with Crippen LogP contribution in [0.1, 0.15) is 5.56 Å². The molecule has 100 valence electrons. The van der Waals surface area contributed by atoms with Gasteiger partial charge in [0.15, 0.2) is 0 Å². The number of H-pyrrole nitrogens is 1. The van der Waals surface area contributed by atoms with Crippen molar-refractivity contribution in [2.24, 2.45) is 0 Å². The molecule has 2 N–H and O–H groups in total. The normalized spacial score (nSPS) is 11.3. The Morgan fingerprint density at radius 1 is 1.21 bits per heavy atom. The van der Waals surface area contributed by atoms with Gasteiger partial charge in [0.2, 0.25) is 5.56 Å². The van der Waals surface area contributed by atoms with Crippen molar-refractivity contribution in [3.8, 4) is 0 Å². The van der Waals surface area contributed by atoms with E-state index in [4.69, 9.17) is 0 Å². The molecule has 0 amide bonds. The molecule has 0 aliphatic carbocycles. The molecule has 0 bridgehead atoms. The van der Waals surface area contributed by atoms with Gasteiger partial charge in [-0.3, -0.25) is 9.52 Å². The zero-order chi connectivity index (χ0) is 14.0. The topological polar surface area (TPSA) is 79.0 Å². The molecule has 0 saturated carbocycles. The summed E-state index contributed by atoms with van der Waals surface area (Å²) in [6.45, 7) is 1.91. The number of aromatic amines is 1. The molecule has 2 rings (SSSR count). The molecule has 5 nitrogen and oxygen atoms in total. The third-order valence-electron chi connectivity index (χ3n) is 2.49. The number of halogens is 1. The van der Waals surface area contributed by atoms with Crippen molar-refractivity contribution in [1.82, 2.24) is 4.98 Å². The molecule has 0 saturated heterocycles. The zero-order valence-electron chi connectivity index (χ0n) is 9.98. The summed E-state index contributed by atoms with van der Waals surface area (Å²) in [6.07, 6.45) is 1.16. The Morgan fingerprint density at radius 3 is 2.53 bits per heavy atom. The highest BCUT2D eigenvalue weighted by atomic mass is 79.9. The highest BCUT2D eigenvalue weighted by Crippen LogP contribution is 2.22. The minimum atomic E-state index is -3.70. The fourth-order valence-corrected chi connectivity index (χ4v) is 2.83. The summed E-state index contributed by atoms with van der Waals surface area (Å²) in [6, 6.07) is 7.57. The Morgan fingerprint density at radius 2 is 1.95 bits per heavy atom. The van der Waals surface area contributed by atoms with E-state index >= 15 is 0 Å². The molecule has 0 radical (unpaired) electrons. The number of anilines is 1. The molecule has 0 aliphatic heterocycles. The molecule has 7 heteroatoms. The Kier molecular flexibility index (Phi) is 3.77. The smallest absolute Gasteiger partial charge is 0.263 e. The van der Waals surface area contributed by atoms with Crippen molar-refractivity contribution in [2.45, 2.75) is 11.8 Å². The molecule has 0 fully saturated rings. The molecule has 0 atom stereocenters. The summed E-state index contributed by atoms with van der Waals surface area (Å²) >= 11 is 3.34. The molecule has 2 aromatic rings. The van der Waals surface area contributed by atoms with E-state index in [0.29, 0.717) is 5.69 Å². The second kappa shape index (κ2) is 5.18. The molecule has 19 heavy (non-hydrogen) atoms. The first kappa shape index (κ1) is 13.8. The van der Waals surface area contributed by atoms with Crippen LogP contribution in [-0.2, 0) is 10.0 Å². The van der Waals surface area contributed by atoms with E-state index < -0.39 is 10.0 Å². The monoisotopic (exact) mass is 342 g/mol. The van der Waals surface area contributed by atoms with E-state index in [1.807, 2.05) is 6.92 Å². The molecule has 0 aliphatic rings. The van der Waals surface area contributed by atoms with Crippen LogP contribution in [0.2, 0.25) is 0 Å². The second-order valence-electron chi connectivity index (χ2n) is 3.96. The third kappa shape index (κ3) is 3.24. The number of nitrogens with one attached hydrogen (secondary N) is 2. The van der Waals surface area contributed by atoms with Crippen molar-refractivity contribution < 1.29 is 8.42 Å². The molecule has 1 aromatic heterocycles. The quantitative estimate of drug-likeness (QED) is 0.897. The Balaban J connectivity index is 2.33. The lowest BCUT2D eigenvalue weighted by atomic mass is 10.2. The summed E-state index contributed by atoms with van der Waals surface area (Å²) in [5.41, 5.74) is 1.10. The van der Waals surface area contributed by atoms with Gasteiger partial charge < -0.3 is 4.98 Å². The largest absolute Gasteiger partial charge is 0.328 e. The first-order valence-corrected chi connectivity index (χ1v) is 7.64. The fraction of sp³-hybridized carbons (Fsp3) is 0.0833. The molecule has 1 aromatic carbocycles. The van der Waals surface area contributed by atoms with Crippen molar-refractivity contribution in [3.05, 3.63) is 56.9 Å². The zero-order valence-corrected chi connectivity index (χ0v) is 12.4. The Hall–Kier alpha value is -1.60. The SMILES string of the molecule is Cc1ccc(NS(=O)(=O)c2ccc(=O)[nH]c2)cc1Br. The highest BCUT2D eigenvalue weighted by Gasteiger charge is 2.14. The van der Waals surface area contributed by atoms with Crippen LogP contribution >= 0.6 is 15.9 Å². The van der Waals surface area contributed by atoms with Crippen LogP contribution in [0.3, 0.4) is 0 Å². The first-order valence-electron chi connectivity index (χ1n) is 5.36. The molecule has 0 spiro atoms. The summed E-state index contributed by atoms with van der Waals surface area (Å²) in [5.74, 6) is 0. The molecule has 0 unspecified atom stereocenters. The number of benzene rings is 1. The van der Waals surface area contributed by atoms with Crippen LogP contribution in [-0.4, -0.2) is 13.4 Å². The third-order valence-corrected chi connectivity index (χ3v) is 4.72. The molecular weight excluding hydrogens is 332 g/mol. The predicted molar refractivity (Wildman–Crippen MR) is 76.8 cm³/mol. The van der Waals surface area contributed by atoms with Crippen molar-refractivity contribution in [3.63, 3.8) is 0 Å². The second-order valence-corrected chi connectivity index (χ2v) is 6.49. The number of sulfonamides is 1. The van der Waals surface area contributed by atoms with Gasteiger partial charge in [0.1, 0.15) is 4.90 Å². The van der Waals surface area contributed by atoms with E-state index in [0.717, 1.165) is 16.2 Å². The van der Waals surface area contributed by atoms with Gasteiger partial charge in [-0.25, -0.2) is 8.42 Å². The van der Waals surface area contributed by atoms with Gasteiger partial charge in [-0.15, -0.1) is 0 Å². The first-order chi connectivity index (χ1) is 8.88. The minimum Gasteiger partial charge on any atom is -0.328 e. The van der Waals surface area contributed by atoms with Crippen LogP contribution in [0.5, 0.6) is 0 Å². The van der Waals surface area contributed by atoms with Crippen LogP contribution in [0.4, 0.5) is 5.69 Å². The lowest BCUT2D eigenvalue weighted by Crippen LogP contribution is -2.15. The van der Waals surface area contributed by atoms with E-state index in [-0.39, 0.29) is 10.5 Å². The van der Waals surface area contributed by atoms with Crippen molar-refractivity contribution in [2.75, 3.05) is 4.72 Å². The van der Waals surface area contributed by atoms with Gasteiger partial charge in [0.05, 0.1) is 0 Å². The number of aryl methyl sites for hydroxylation is 1. The fourth-order valence-electron chi connectivity index (χ4n) is 1.43. The highest BCUT2D eigenvalue weighted by molar-refractivity contribution is 9.10. The summed E-state index contributed by atoms with van der Waals surface area (Å²) < 4.78 is 27.4. The average molecular weight is 343 g/mol. The lowest BCUT2D eigenvalue weighted by Gasteiger charge is -2.09. The van der Waals surface area contributed by atoms with Gasteiger partial charge in [-0.2, -0.15) is 0 Å². The van der Waals surface area contributed by atoms with Crippen LogP contribution in [0, 0.1) is 6.92 Å². The molecular formula is C12H11BrN2O3S. The van der Waals surface area contributed by atoms with Crippen molar-refractivity contribution in [1.29, 1.82) is 0 Å². The summed E-state index contributed by atoms with van der Waals surface area (Å²) in [7, 11) is -3.70. The Labute approximate surface area is 118 Å². The van der Waals surface area contributed by atoms with Gasteiger partial charge in [0.25, 0.3) is 10.0 Å². The van der Waals surface area contributed by atoms with E-state index in [2.05, 4.69) is 25.6 Å².